The highest BCUT2D eigenvalue weighted by molar-refractivity contribution is 5.65. The molecule has 2 heterocycles. The van der Waals surface area contributed by atoms with Crippen molar-refractivity contribution >= 4 is 0 Å². The third-order valence-electron chi connectivity index (χ3n) is 3.50. The van der Waals surface area contributed by atoms with Crippen LogP contribution in [0.5, 0.6) is 0 Å². The van der Waals surface area contributed by atoms with E-state index in [9.17, 15) is 8.78 Å². The highest BCUT2D eigenvalue weighted by Gasteiger charge is 2.23. The van der Waals surface area contributed by atoms with Crippen LogP contribution < -0.4 is 5.32 Å². The van der Waals surface area contributed by atoms with Crippen molar-refractivity contribution in [2.75, 3.05) is 13.2 Å². The minimum absolute atomic E-state index is 0.0209. The van der Waals surface area contributed by atoms with Gasteiger partial charge in [-0.05, 0) is 12.1 Å². The molecule has 106 valence electrons. The number of nitrogens with one attached hydrogen (secondary N) is 1. The van der Waals surface area contributed by atoms with E-state index in [1.165, 1.54) is 12.1 Å². The Morgan fingerprint density at radius 2 is 2.20 bits per heavy atom. The van der Waals surface area contributed by atoms with Gasteiger partial charge in [0.1, 0.15) is 17.3 Å². The van der Waals surface area contributed by atoms with Crippen molar-refractivity contribution < 1.29 is 13.9 Å². The largest absolute Gasteiger partial charge is 0.394 e. The van der Waals surface area contributed by atoms with Gasteiger partial charge >= 0.3 is 0 Å². The number of aliphatic hydroxyl groups excluding tert-OH is 1. The first kappa shape index (κ1) is 13.2. The van der Waals surface area contributed by atoms with Crippen molar-refractivity contribution in [3.8, 4) is 11.3 Å². The van der Waals surface area contributed by atoms with E-state index in [4.69, 9.17) is 5.11 Å². The van der Waals surface area contributed by atoms with Gasteiger partial charge in [-0.25, -0.2) is 8.78 Å². The number of aliphatic hydroxyl groups is 1. The number of hydrogen-bond donors (Lipinski definition) is 2. The SMILES string of the molecule is OCCn1nc(-c2ccc(F)cc2F)c2c1CCNC2. The molecule has 20 heavy (non-hydrogen) atoms. The first-order chi connectivity index (χ1) is 9.70. The topological polar surface area (TPSA) is 50.1 Å². The van der Waals surface area contributed by atoms with Crippen LogP contribution in [0.4, 0.5) is 8.78 Å². The molecule has 1 aliphatic rings. The predicted octanol–water partition coefficient (Wildman–Crippen LogP) is 1.47. The maximum Gasteiger partial charge on any atom is 0.135 e. The van der Waals surface area contributed by atoms with Gasteiger partial charge in [0, 0.05) is 42.4 Å². The summed E-state index contributed by atoms with van der Waals surface area (Å²) in [5, 5.41) is 16.7. The van der Waals surface area contributed by atoms with E-state index in [0.717, 1.165) is 30.3 Å². The fourth-order valence-electron chi connectivity index (χ4n) is 2.60. The molecule has 2 aromatic rings. The minimum atomic E-state index is -0.618. The zero-order valence-electron chi connectivity index (χ0n) is 10.9. The molecule has 2 N–H and O–H groups in total. The molecule has 0 unspecified atom stereocenters. The van der Waals surface area contributed by atoms with Gasteiger partial charge in [0.15, 0.2) is 0 Å². The van der Waals surface area contributed by atoms with E-state index in [1.54, 1.807) is 4.68 Å². The molecule has 0 amide bonds. The molecule has 0 bridgehead atoms. The molecular formula is C14H15F2N3O. The third-order valence-corrected chi connectivity index (χ3v) is 3.50. The number of aromatic nitrogens is 2. The first-order valence-electron chi connectivity index (χ1n) is 6.56. The zero-order chi connectivity index (χ0) is 14.1. The Morgan fingerprint density at radius 1 is 1.35 bits per heavy atom. The summed E-state index contributed by atoms with van der Waals surface area (Å²) in [6.07, 6.45) is 0.783. The molecule has 1 aromatic carbocycles. The van der Waals surface area contributed by atoms with Gasteiger partial charge in [0.25, 0.3) is 0 Å². The highest BCUT2D eigenvalue weighted by Crippen LogP contribution is 2.29. The third kappa shape index (κ3) is 2.21. The number of fused-ring (bicyclic) bond motifs is 1. The fraction of sp³-hybridized carbons (Fsp3) is 0.357. The maximum atomic E-state index is 13.9. The molecule has 3 rings (SSSR count). The van der Waals surface area contributed by atoms with Gasteiger partial charge < -0.3 is 10.4 Å². The van der Waals surface area contributed by atoms with Crippen LogP contribution in [0, 0.1) is 11.6 Å². The van der Waals surface area contributed by atoms with Crippen molar-refractivity contribution in [2.45, 2.75) is 19.5 Å². The van der Waals surface area contributed by atoms with Gasteiger partial charge in [0.2, 0.25) is 0 Å². The lowest BCUT2D eigenvalue weighted by Crippen LogP contribution is -2.25. The Balaban J connectivity index is 2.13. The molecule has 0 saturated heterocycles. The van der Waals surface area contributed by atoms with Crippen molar-refractivity contribution in [3.05, 3.63) is 41.1 Å². The van der Waals surface area contributed by atoms with Crippen LogP contribution >= 0.6 is 0 Å². The molecule has 0 fully saturated rings. The molecule has 0 radical (unpaired) electrons. The summed E-state index contributed by atoms with van der Waals surface area (Å²) >= 11 is 0. The molecule has 0 saturated carbocycles. The van der Waals surface area contributed by atoms with E-state index < -0.39 is 11.6 Å². The molecule has 4 nitrogen and oxygen atoms in total. The average molecular weight is 279 g/mol. The minimum Gasteiger partial charge on any atom is -0.394 e. The zero-order valence-corrected chi connectivity index (χ0v) is 10.9. The van der Waals surface area contributed by atoms with Gasteiger partial charge in [0.05, 0.1) is 13.2 Å². The molecule has 1 aliphatic heterocycles. The normalized spacial score (nSPS) is 14.3. The molecule has 1 aromatic heterocycles. The summed E-state index contributed by atoms with van der Waals surface area (Å²) in [6.45, 7) is 1.79. The average Bonchev–Trinajstić information content (AvgIpc) is 2.79. The van der Waals surface area contributed by atoms with Crippen LogP contribution in [0.2, 0.25) is 0 Å². The van der Waals surface area contributed by atoms with Crippen molar-refractivity contribution in [2.24, 2.45) is 0 Å². The Bertz CT molecular complexity index is 640. The van der Waals surface area contributed by atoms with E-state index >= 15 is 0 Å². The monoisotopic (exact) mass is 279 g/mol. The fourth-order valence-corrected chi connectivity index (χ4v) is 2.60. The highest BCUT2D eigenvalue weighted by atomic mass is 19.1. The lowest BCUT2D eigenvalue weighted by Gasteiger charge is -2.15. The second-order valence-corrected chi connectivity index (χ2v) is 4.77. The molecular weight excluding hydrogens is 264 g/mol. The second kappa shape index (κ2) is 5.30. The van der Waals surface area contributed by atoms with Crippen LogP contribution in [-0.4, -0.2) is 28.0 Å². The summed E-state index contributed by atoms with van der Waals surface area (Å²) in [5.74, 6) is -1.22. The first-order valence-corrected chi connectivity index (χ1v) is 6.56. The summed E-state index contributed by atoms with van der Waals surface area (Å²) in [4.78, 5) is 0. The number of nitrogens with zero attached hydrogens (tertiary/aromatic N) is 2. The van der Waals surface area contributed by atoms with Crippen molar-refractivity contribution in [1.29, 1.82) is 0 Å². The van der Waals surface area contributed by atoms with Crippen LogP contribution in [0.25, 0.3) is 11.3 Å². The maximum absolute atomic E-state index is 13.9. The summed E-state index contributed by atoms with van der Waals surface area (Å²) in [5.41, 5.74) is 2.76. The summed E-state index contributed by atoms with van der Waals surface area (Å²) in [7, 11) is 0. The lowest BCUT2D eigenvalue weighted by molar-refractivity contribution is 0.267. The van der Waals surface area contributed by atoms with Gasteiger partial charge in [-0.15, -0.1) is 0 Å². The molecule has 0 atom stereocenters. The van der Waals surface area contributed by atoms with Crippen LogP contribution in [0.15, 0.2) is 18.2 Å². The predicted molar refractivity (Wildman–Crippen MR) is 70.1 cm³/mol. The van der Waals surface area contributed by atoms with Crippen molar-refractivity contribution in [1.82, 2.24) is 15.1 Å². The Kier molecular flexibility index (Phi) is 3.50. The van der Waals surface area contributed by atoms with Gasteiger partial charge in [-0.1, -0.05) is 0 Å². The van der Waals surface area contributed by atoms with E-state index in [2.05, 4.69) is 10.4 Å². The smallest absolute Gasteiger partial charge is 0.135 e. The summed E-state index contributed by atoms with van der Waals surface area (Å²) < 4.78 is 28.7. The van der Waals surface area contributed by atoms with E-state index in [-0.39, 0.29) is 6.61 Å². The van der Waals surface area contributed by atoms with Crippen LogP contribution in [0.1, 0.15) is 11.3 Å². The lowest BCUT2D eigenvalue weighted by atomic mass is 10.0. The van der Waals surface area contributed by atoms with Crippen molar-refractivity contribution in [3.63, 3.8) is 0 Å². The number of benzene rings is 1. The number of halogens is 2. The van der Waals surface area contributed by atoms with Gasteiger partial charge in [-0.3, -0.25) is 4.68 Å². The summed E-state index contributed by atoms with van der Waals surface area (Å²) in [6, 6.07) is 3.50. The quantitative estimate of drug-likeness (QED) is 0.894. The molecule has 0 spiro atoms. The molecule has 0 aliphatic carbocycles. The van der Waals surface area contributed by atoms with E-state index in [0.29, 0.717) is 24.3 Å². The second-order valence-electron chi connectivity index (χ2n) is 4.77. The number of hydrogen-bond acceptors (Lipinski definition) is 3. The Morgan fingerprint density at radius 3 is 2.95 bits per heavy atom. The van der Waals surface area contributed by atoms with Gasteiger partial charge in [-0.2, -0.15) is 5.10 Å². The Labute approximate surface area is 115 Å². The standard InChI is InChI=1S/C14H15F2N3O/c15-9-1-2-10(12(16)7-9)14-11-8-17-4-3-13(11)19(18-14)5-6-20/h1-2,7,17,20H,3-6,8H2. The Hall–Kier alpha value is -1.79. The van der Waals surface area contributed by atoms with E-state index in [1.807, 2.05) is 0 Å². The van der Waals surface area contributed by atoms with Crippen LogP contribution in [-0.2, 0) is 19.5 Å². The van der Waals surface area contributed by atoms with Crippen LogP contribution in [0.3, 0.4) is 0 Å². The number of rotatable bonds is 3. The molecule has 6 heteroatoms.